The molecule has 1 fully saturated rings. The van der Waals surface area contributed by atoms with E-state index in [9.17, 15) is 14.9 Å². The number of nitro groups is 1. The van der Waals surface area contributed by atoms with E-state index in [1.807, 2.05) is 7.05 Å². The number of methoxy groups -OCH3 is 1. The average molecular weight is 337 g/mol. The molecule has 132 valence electrons. The number of hydrogen-bond donors (Lipinski definition) is 1. The SMILES string of the molecule is CNC1CCCN(Cc2ccc(OCC(=O)OC)c([N+](=O)[O-])c2)C1. The van der Waals surface area contributed by atoms with Crippen LogP contribution in [0.5, 0.6) is 5.75 Å². The Kier molecular flexibility index (Phi) is 6.51. The lowest BCUT2D eigenvalue weighted by atomic mass is 10.0. The van der Waals surface area contributed by atoms with Gasteiger partial charge in [0.1, 0.15) is 0 Å². The molecule has 1 atom stereocenters. The molecule has 8 nitrogen and oxygen atoms in total. The molecule has 0 spiro atoms. The zero-order chi connectivity index (χ0) is 17.5. The number of esters is 1. The molecule has 1 heterocycles. The Morgan fingerprint density at radius 2 is 2.29 bits per heavy atom. The fourth-order valence-electron chi connectivity index (χ4n) is 2.81. The van der Waals surface area contributed by atoms with Crippen molar-refractivity contribution in [1.29, 1.82) is 0 Å². The fraction of sp³-hybridized carbons (Fsp3) is 0.562. The van der Waals surface area contributed by atoms with Crippen molar-refractivity contribution in [3.63, 3.8) is 0 Å². The number of rotatable bonds is 7. The van der Waals surface area contributed by atoms with Crippen molar-refractivity contribution in [3.8, 4) is 5.75 Å². The maximum atomic E-state index is 11.3. The smallest absolute Gasteiger partial charge is 0.343 e. The lowest BCUT2D eigenvalue weighted by Crippen LogP contribution is -2.43. The number of nitro benzene ring substituents is 1. The Labute approximate surface area is 140 Å². The largest absolute Gasteiger partial charge is 0.475 e. The summed E-state index contributed by atoms with van der Waals surface area (Å²) >= 11 is 0. The molecule has 1 aliphatic heterocycles. The lowest BCUT2D eigenvalue weighted by Gasteiger charge is -2.32. The van der Waals surface area contributed by atoms with E-state index in [4.69, 9.17) is 4.74 Å². The van der Waals surface area contributed by atoms with Crippen molar-refractivity contribution in [2.45, 2.75) is 25.4 Å². The van der Waals surface area contributed by atoms with Gasteiger partial charge in [-0.1, -0.05) is 6.07 Å². The van der Waals surface area contributed by atoms with Crippen LogP contribution in [-0.4, -0.2) is 55.7 Å². The van der Waals surface area contributed by atoms with Crippen LogP contribution in [0.25, 0.3) is 0 Å². The summed E-state index contributed by atoms with van der Waals surface area (Å²) in [5.41, 5.74) is 0.711. The topological polar surface area (TPSA) is 93.9 Å². The third-order valence-corrected chi connectivity index (χ3v) is 4.11. The highest BCUT2D eigenvalue weighted by Crippen LogP contribution is 2.29. The monoisotopic (exact) mass is 337 g/mol. The quantitative estimate of drug-likeness (QED) is 0.456. The molecule has 0 amide bonds. The standard InChI is InChI=1S/C16H23N3O5/c1-17-13-4-3-7-18(10-13)9-12-5-6-15(14(8-12)19(21)22)24-11-16(20)23-2/h5-6,8,13,17H,3-4,7,9-11H2,1-2H3. The normalized spacial score (nSPS) is 18.2. The van der Waals surface area contributed by atoms with E-state index < -0.39 is 10.9 Å². The predicted molar refractivity (Wildman–Crippen MR) is 88.0 cm³/mol. The first-order valence-electron chi connectivity index (χ1n) is 7.90. The van der Waals surface area contributed by atoms with Gasteiger partial charge < -0.3 is 14.8 Å². The first-order chi connectivity index (χ1) is 11.5. The number of benzene rings is 1. The minimum atomic E-state index is -0.584. The van der Waals surface area contributed by atoms with E-state index in [-0.39, 0.29) is 18.0 Å². The number of nitrogens with one attached hydrogen (secondary N) is 1. The molecule has 1 unspecified atom stereocenters. The van der Waals surface area contributed by atoms with Crippen molar-refractivity contribution >= 4 is 11.7 Å². The van der Waals surface area contributed by atoms with Gasteiger partial charge in [0.25, 0.3) is 0 Å². The molecule has 1 aromatic carbocycles. The number of ether oxygens (including phenoxy) is 2. The molecule has 2 rings (SSSR count). The Hall–Kier alpha value is -2.19. The van der Waals surface area contributed by atoms with Crippen LogP contribution in [-0.2, 0) is 16.1 Å². The average Bonchev–Trinajstić information content (AvgIpc) is 2.60. The summed E-state index contributed by atoms with van der Waals surface area (Å²) in [5, 5.41) is 14.5. The molecule has 24 heavy (non-hydrogen) atoms. The van der Waals surface area contributed by atoms with Crippen LogP contribution in [0.15, 0.2) is 18.2 Å². The molecule has 0 radical (unpaired) electrons. The van der Waals surface area contributed by atoms with Gasteiger partial charge in [-0.15, -0.1) is 0 Å². The summed E-state index contributed by atoms with van der Waals surface area (Å²) in [4.78, 5) is 24.2. The van der Waals surface area contributed by atoms with Crippen molar-refractivity contribution < 1.29 is 19.2 Å². The van der Waals surface area contributed by atoms with Gasteiger partial charge in [0.05, 0.1) is 12.0 Å². The van der Waals surface area contributed by atoms with Crippen LogP contribution in [0.1, 0.15) is 18.4 Å². The molecule has 1 saturated heterocycles. The van der Waals surface area contributed by atoms with Gasteiger partial charge in [0, 0.05) is 25.2 Å². The highest BCUT2D eigenvalue weighted by Gasteiger charge is 2.21. The van der Waals surface area contributed by atoms with E-state index in [2.05, 4.69) is 15.0 Å². The van der Waals surface area contributed by atoms with Crippen molar-refractivity contribution in [3.05, 3.63) is 33.9 Å². The number of piperidine rings is 1. The van der Waals surface area contributed by atoms with Crippen molar-refractivity contribution in [1.82, 2.24) is 10.2 Å². The fourth-order valence-corrected chi connectivity index (χ4v) is 2.81. The Morgan fingerprint density at radius 3 is 2.96 bits per heavy atom. The number of nitrogens with zero attached hydrogens (tertiary/aromatic N) is 2. The number of hydrogen-bond acceptors (Lipinski definition) is 7. The van der Waals surface area contributed by atoms with Crippen LogP contribution >= 0.6 is 0 Å². The third-order valence-electron chi connectivity index (χ3n) is 4.11. The van der Waals surface area contributed by atoms with Crippen molar-refractivity contribution in [2.24, 2.45) is 0 Å². The highest BCUT2D eigenvalue weighted by atomic mass is 16.6. The van der Waals surface area contributed by atoms with Crippen LogP contribution in [0, 0.1) is 10.1 Å². The molecule has 8 heteroatoms. The molecule has 0 saturated carbocycles. The molecular weight excluding hydrogens is 314 g/mol. The van der Waals surface area contributed by atoms with Gasteiger partial charge in [-0.3, -0.25) is 15.0 Å². The summed E-state index contributed by atoms with van der Waals surface area (Å²) in [5.74, 6) is -0.513. The minimum absolute atomic E-state index is 0.0703. The van der Waals surface area contributed by atoms with Gasteiger partial charge in [-0.2, -0.15) is 0 Å². The summed E-state index contributed by atoms with van der Waals surface area (Å²) in [6, 6.07) is 5.30. The molecule has 1 N–H and O–H groups in total. The number of carbonyl (C=O) groups is 1. The highest BCUT2D eigenvalue weighted by molar-refractivity contribution is 5.71. The van der Waals surface area contributed by atoms with Crippen LogP contribution in [0.4, 0.5) is 5.69 Å². The van der Waals surface area contributed by atoms with E-state index in [0.717, 1.165) is 31.5 Å². The number of likely N-dealkylation sites (tertiary alicyclic amines) is 1. The Morgan fingerprint density at radius 1 is 1.50 bits per heavy atom. The van der Waals surface area contributed by atoms with Gasteiger partial charge >= 0.3 is 11.7 Å². The predicted octanol–water partition coefficient (Wildman–Crippen LogP) is 1.33. The van der Waals surface area contributed by atoms with Crippen LogP contribution in [0.3, 0.4) is 0 Å². The van der Waals surface area contributed by atoms with E-state index >= 15 is 0 Å². The summed E-state index contributed by atoms with van der Waals surface area (Å²) < 4.78 is 9.66. The summed E-state index contributed by atoms with van der Waals surface area (Å²) in [6.07, 6.45) is 2.25. The second-order valence-corrected chi connectivity index (χ2v) is 5.79. The molecule has 0 aromatic heterocycles. The van der Waals surface area contributed by atoms with Crippen molar-refractivity contribution in [2.75, 3.05) is 33.9 Å². The van der Waals surface area contributed by atoms with Gasteiger partial charge in [0.15, 0.2) is 12.4 Å². The third kappa shape index (κ3) is 4.90. The lowest BCUT2D eigenvalue weighted by molar-refractivity contribution is -0.385. The van der Waals surface area contributed by atoms with E-state index in [1.54, 1.807) is 6.07 Å². The maximum absolute atomic E-state index is 11.3. The van der Waals surface area contributed by atoms with Gasteiger partial charge in [0.2, 0.25) is 0 Å². The first-order valence-corrected chi connectivity index (χ1v) is 7.90. The second-order valence-electron chi connectivity index (χ2n) is 5.79. The molecule has 1 aromatic rings. The Bertz CT molecular complexity index is 593. The van der Waals surface area contributed by atoms with Crippen LogP contribution in [0.2, 0.25) is 0 Å². The second kappa shape index (κ2) is 8.60. The summed E-state index contributed by atoms with van der Waals surface area (Å²) in [7, 11) is 3.19. The number of likely N-dealkylation sites (N-methyl/N-ethyl adjacent to an activating group) is 1. The van der Waals surface area contributed by atoms with Gasteiger partial charge in [-0.05, 0) is 38.1 Å². The van der Waals surface area contributed by atoms with E-state index in [1.165, 1.54) is 19.2 Å². The Balaban J connectivity index is 2.07. The molecular formula is C16H23N3O5. The van der Waals surface area contributed by atoms with Gasteiger partial charge in [-0.25, -0.2) is 4.79 Å². The molecule has 0 aliphatic carbocycles. The molecule has 0 bridgehead atoms. The summed E-state index contributed by atoms with van der Waals surface area (Å²) in [6.45, 7) is 2.19. The maximum Gasteiger partial charge on any atom is 0.343 e. The number of carbonyl (C=O) groups excluding carboxylic acids is 1. The molecule has 1 aliphatic rings. The zero-order valence-electron chi connectivity index (χ0n) is 14.0. The van der Waals surface area contributed by atoms with Crippen LogP contribution < -0.4 is 10.1 Å². The first kappa shape index (κ1) is 18.2. The minimum Gasteiger partial charge on any atom is -0.475 e. The zero-order valence-corrected chi connectivity index (χ0v) is 14.0. The van der Waals surface area contributed by atoms with E-state index in [0.29, 0.717) is 12.6 Å².